The molecule has 0 radical (unpaired) electrons. The molecule has 6 nitrogen and oxygen atoms in total. The normalized spacial score (nSPS) is 11.8. The van der Waals surface area contributed by atoms with Gasteiger partial charge < -0.3 is 13.9 Å². The first-order valence-corrected chi connectivity index (χ1v) is 17.6. The Morgan fingerprint density at radius 1 is 0.528 bits per heavy atom. The lowest BCUT2D eigenvalue weighted by Gasteiger charge is -2.24. The summed E-state index contributed by atoms with van der Waals surface area (Å²) in [6, 6.07) is 50.2. The lowest BCUT2D eigenvalue weighted by Crippen LogP contribution is -2.16. The number of hydrogen-bond donors (Lipinski definition) is 0. The molecule has 7 aromatic carbocycles. The summed E-state index contributed by atoms with van der Waals surface area (Å²) < 4.78 is 4.22. The summed E-state index contributed by atoms with van der Waals surface area (Å²) in [4.78, 5) is 44.1. The topological polar surface area (TPSA) is 63.8 Å². The van der Waals surface area contributed by atoms with Gasteiger partial charge in [0, 0.05) is 67.6 Å². The van der Waals surface area contributed by atoms with E-state index >= 15 is 0 Å². The number of carbonyl (C=O) groups is 1. The van der Waals surface area contributed by atoms with Crippen LogP contribution in [-0.2, 0) is 0 Å². The number of para-hydroxylation sites is 3. The van der Waals surface area contributed by atoms with E-state index in [1.54, 1.807) is 12.1 Å². The third-order valence-electron chi connectivity index (χ3n) is 10.7. The van der Waals surface area contributed by atoms with Gasteiger partial charge in [-0.25, -0.2) is 0 Å². The van der Waals surface area contributed by atoms with Crippen molar-refractivity contribution in [1.29, 1.82) is 0 Å². The quantitative estimate of drug-likeness (QED) is 0.103. The Labute approximate surface area is 303 Å². The minimum atomic E-state index is -0.222. The fraction of sp³-hybridized carbons (Fsp3) is 0.0426. The van der Waals surface area contributed by atoms with Crippen molar-refractivity contribution >= 4 is 77.1 Å². The molecule has 0 aliphatic carbocycles. The van der Waals surface area contributed by atoms with E-state index in [-0.39, 0.29) is 16.6 Å². The second-order valence-corrected chi connectivity index (χ2v) is 13.7. The van der Waals surface area contributed by atoms with Crippen molar-refractivity contribution in [1.82, 2.24) is 8.97 Å². The molecule has 10 rings (SSSR count). The summed E-state index contributed by atoms with van der Waals surface area (Å²) in [7, 11) is 2.00. The molecule has 10 aromatic rings. The van der Waals surface area contributed by atoms with E-state index in [4.69, 9.17) is 0 Å². The predicted octanol–water partition coefficient (Wildman–Crippen LogP) is 10.3. The van der Waals surface area contributed by atoms with E-state index in [9.17, 15) is 14.4 Å². The molecule has 0 aliphatic rings. The average molecular weight is 686 g/mol. The van der Waals surface area contributed by atoms with Gasteiger partial charge in [0.25, 0.3) is 0 Å². The lowest BCUT2D eigenvalue weighted by atomic mass is 9.98. The SMILES string of the molecule is CC(=O)c1cc2c(=O)c3cc(N(C)c4ccccc4-c4ccccc4)ccc3n3c4ccc(-n5c6ccccc6c6ccccc65)cc4c(=O)c(c1)c23. The van der Waals surface area contributed by atoms with Gasteiger partial charge in [-0.2, -0.15) is 0 Å². The highest BCUT2D eigenvalue weighted by atomic mass is 16.1. The third kappa shape index (κ3) is 4.49. The zero-order valence-electron chi connectivity index (χ0n) is 29.0. The van der Waals surface area contributed by atoms with Crippen molar-refractivity contribution in [2.24, 2.45) is 0 Å². The van der Waals surface area contributed by atoms with Gasteiger partial charge in [0.1, 0.15) is 0 Å². The van der Waals surface area contributed by atoms with Crippen LogP contribution >= 0.6 is 0 Å². The molecule has 252 valence electrons. The molecule has 3 heterocycles. The van der Waals surface area contributed by atoms with Gasteiger partial charge in [-0.15, -0.1) is 0 Å². The van der Waals surface area contributed by atoms with Crippen LogP contribution < -0.4 is 15.8 Å². The number of hydrogen-bond acceptors (Lipinski definition) is 4. The molecule has 0 saturated heterocycles. The largest absolute Gasteiger partial charge is 0.344 e. The maximum Gasteiger partial charge on any atom is 0.197 e. The van der Waals surface area contributed by atoms with Gasteiger partial charge in [0.15, 0.2) is 16.6 Å². The standard InChI is InChI=1S/C47H31N3O3/c1-28(51)30-24-38-45-39(25-30)47(53)37-27-32(49-41-18-10-7-15-34(41)35-16-8-11-19-42(35)49)21-23-44(37)50(45)43-22-20-31(26-36(43)46(38)52)48(2)40-17-9-6-14-33(40)29-12-4-3-5-13-29/h3-27H,1-2H3. The van der Waals surface area contributed by atoms with Crippen LogP contribution in [0.15, 0.2) is 161 Å². The molecule has 0 N–H and O–H groups in total. The molecule has 6 heteroatoms. The maximum atomic E-state index is 14.6. The zero-order valence-corrected chi connectivity index (χ0v) is 29.0. The molecular formula is C47H31N3O3. The number of benzene rings is 7. The smallest absolute Gasteiger partial charge is 0.197 e. The van der Waals surface area contributed by atoms with E-state index in [1.165, 1.54) is 6.92 Å². The molecule has 0 fully saturated rings. The first-order valence-electron chi connectivity index (χ1n) is 17.6. The molecule has 0 amide bonds. The lowest BCUT2D eigenvalue weighted by molar-refractivity contribution is 0.101. The van der Waals surface area contributed by atoms with E-state index in [0.29, 0.717) is 43.7 Å². The summed E-state index contributed by atoms with van der Waals surface area (Å²) in [5.74, 6) is -0.210. The van der Waals surface area contributed by atoms with Crippen LogP contribution in [0, 0.1) is 0 Å². The summed E-state index contributed by atoms with van der Waals surface area (Å²) in [5, 5.41) is 3.94. The van der Waals surface area contributed by atoms with Crippen LogP contribution in [0.4, 0.5) is 11.4 Å². The Hall–Kier alpha value is -7.05. The number of aromatic nitrogens is 2. The molecule has 0 bridgehead atoms. The highest BCUT2D eigenvalue weighted by molar-refractivity contribution is 6.13. The Morgan fingerprint density at radius 3 is 1.75 bits per heavy atom. The minimum Gasteiger partial charge on any atom is -0.344 e. The Kier molecular flexibility index (Phi) is 6.66. The number of pyridine rings is 2. The maximum absolute atomic E-state index is 14.6. The number of ketones is 1. The van der Waals surface area contributed by atoms with Crippen LogP contribution in [0.2, 0.25) is 0 Å². The fourth-order valence-electron chi connectivity index (χ4n) is 8.20. The highest BCUT2D eigenvalue weighted by Crippen LogP contribution is 2.37. The second-order valence-electron chi connectivity index (χ2n) is 13.7. The van der Waals surface area contributed by atoms with E-state index in [1.807, 2.05) is 102 Å². The first-order chi connectivity index (χ1) is 25.9. The average Bonchev–Trinajstić information content (AvgIpc) is 3.54. The van der Waals surface area contributed by atoms with Crippen LogP contribution in [-0.4, -0.2) is 21.8 Å². The predicted molar refractivity (Wildman–Crippen MR) is 218 cm³/mol. The van der Waals surface area contributed by atoms with Gasteiger partial charge in [-0.1, -0.05) is 84.9 Å². The molecular weight excluding hydrogens is 655 g/mol. The van der Waals surface area contributed by atoms with Crippen molar-refractivity contribution in [3.05, 3.63) is 178 Å². The van der Waals surface area contributed by atoms with Crippen molar-refractivity contribution < 1.29 is 4.79 Å². The molecule has 0 aliphatic heterocycles. The van der Waals surface area contributed by atoms with Gasteiger partial charge in [-0.3, -0.25) is 14.4 Å². The second kappa shape index (κ2) is 11.5. The number of carbonyl (C=O) groups excluding carboxylic acids is 1. The molecule has 0 spiro atoms. The van der Waals surface area contributed by atoms with Crippen LogP contribution in [0.3, 0.4) is 0 Å². The van der Waals surface area contributed by atoms with Crippen molar-refractivity contribution in [3.63, 3.8) is 0 Å². The number of fused-ring (bicyclic) bond motifs is 7. The fourth-order valence-corrected chi connectivity index (χ4v) is 8.20. The first kappa shape index (κ1) is 30.7. The van der Waals surface area contributed by atoms with Gasteiger partial charge in [-0.05, 0) is 79.2 Å². The number of Topliss-reactive ketones (excluding diaryl/α,β-unsaturated/α-hetero) is 1. The minimum absolute atomic E-state index is 0.210. The molecule has 0 unspecified atom stereocenters. The summed E-state index contributed by atoms with van der Waals surface area (Å²) in [5.41, 5.74) is 8.71. The molecule has 3 aromatic heterocycles. The Morgan fingerprint density at radius 2 is 1.09 bits per heavy atom. The van der Waals surface area contributed by atoms with Crippen molar-refractivity contribution in [2.75, 3.05) is 11.9 Å². The molecule has 0 saturated carbocycles. The van der Waals surface area contributed by atoms with Gasteiger partial charge in [0.2, 0.25) is 0 Å². The Balaban J connectivity index is 1.26. The van der Waals surface area contributed by atoms with E-state index < -0.39 is 0 Å². The van der Waals surface area contributed by atoms with Crippen LogP contribution in [0.1, 0.15) is 17.3 Å². The summed E-state index contributed by atoms with van der Waals surface area (Å²) in [6.45, 7) is 1.46. The molecule has 53 heavy (non-hydrogen) atoms. The monoisotopic (exact) mass is 685 g/mol. The van der Waals surface area contributed by atoms with E-state index in [0.717, 1.165) is 50.0 Å². The third-order valence-corrected chi connectivity index (χ3v) is 10.7. The van der Waals surface area contributed by atoms with Crippen LogP contribution in [0.5, 0.6) is 0 Å². The highest BCUT2D eigenvalue weighted by Gasteiger charge is 2.22. The van der Waals surface area contributed by atoms with E-state index in [2.05, 4.69) is 58.0 Å². The van der Waals surface area contributed by atoms with Crippen molar-refractivity contribution in [3.8, 4) is 16.8 Å². The summed E-state index contributed by atoms with van der Waals surface area (Å²) >= 11 is 0. The number of anilines is 2. The summed E-state index contributed by atoms with van der Waals surface area (Å²) in [6.07, 6.45) is 0. The van der Waals surface area contributed by atoms with Crippen LogP contribution in [0.25, 0.3) is 76.7 Å². The zero-order chi connectivity index (χ0) is 36.0. The Bertz CT molecular complexity index is 3220. The number of rotatable bonds is 5. The number of nitrogens with zero attached hydrogens (tertiary/aromatic N) is 3. The van der Waals surface area contributed by atoms with Gasteiger partial charge >= 0.3 is 0 Å². The molecule has 0 atom stereocenters. The van der Waals surface area contributed by atoms with Crippen molar-refractivity contribution in [2.45, 2.75) is 6.92 Å². The van der Waals surface area contributed by atoms with Gasteiger partial charge in [0.05, 0.1) is 27.6 Å².